The van der Waals surface area contributed by atoms with E-state index in [1.165, 1.54) is 11.6 Å². The number of benzene rings is 2. The Morgan fingerprint density at radius 1 is 1.10 bits per heavy atom. The molecule has 1 aliphatic heterocycles. The van der Waals surface area contributed by atoms with E-state index >= 15 is 0 Å². The number of aliphatic hydroxyl groups is 1. The maximum atomic E-state index is 12.3. The number of hydrogen-bond acceptors (Lipinski definition) is 6. The molecule has 3 aromatic rings. The molecule has 2 amide bonds. The zero-order chi connectivity index (χ0) is 20.4. The minimum Gasteiger partial charge on any atom is -0.395 e. The first-order valence-corrected chi connectivity index (χ1v) is 10.0. The maximum absolute atomic E-state index is 12.3. The number of nitrogens with zero attached hydrogens (tertiary/aromatic N) is 2. The van der Waals surface area contributed by atoms with E-state index in [0.717, 1.165) is 26.7 Å². The van der Waals surface area contributed by atoms with E-state index in [2.05, 4.69) is 36.5 Å². The molecule has 2 N–H and O–H groups in total. The summed E-state index contributed by atoms with van der Waals surface area (Å²) in [5.41, 5.74) is 4.99. The molecule has 0 saturated heterocycles. The Morgan fingerprint density at radius 2 is 1.90 bits per heavy atom. The summed E-state index contributed by atoms with van der Waals surface area (Å²) in [6.45, 7) is 1.78. The lowest BCUT2D eigenvalue weighted by Gasteiger charge is -2.13. The van der Waals surface area contributed by atoms with Crippen LogP contribution in [0.2, 0.25) is 0 Å². The van der Waals surface area contributed by atoms with Crippen molar-refractivity contribution in [2.24, 2.45) is 0 Å². The van der Waals surface area contributed by atoms with E-state index in [9.17, 15) is 9.59 Å². The molecule has 2 heterocycles. The maximum Gasteiger partial charge on any atom is 0.277 e. The number of rotatable bonds is 6. The lowest BCUT2D eigenvalue weighted by Crippen LogP contribution is -2.34. The number of amides is 2. The van der Waals surface area contributed by atoms with Crippen molar-refractivity contribution < 1.29 is 14.7 Å². The summed E-state index contributed by atoms with van der Waals surface area (Å²) in [5.74, 6) is -0.865. The first kappa shape index (κ1) is 19.0. The number of β-amino-alcohol motifs (C(OH)–C–C–N with tert-alkyl or cyclic N) is 1. The highest BCUT2D eigenvalue weighted by atomic mass is 32.1. The fourth-order valence-electron chi connectivity index (χ4n) is 3.06. The van der Waals surface area contributed by atoms with Crippen LogP contribution in [0.25, 0.3) is 21.8 Å². The van der Waals surface area contributed by atoms with Crippen molar-refractivity contribution in [1.29, 1.82) is 0 Å². The third kappa shape index (κ3) is 3.96. The van der Waals surface area contributed by atoms with E-state index in [1.807, 2.05) is 29.6 Å². The Labute approximate surface area is 172 Å². The summed E-state index contributed by atoms with van der Waals surface area (Å²) in [7, 11) is 0. The molecule has 0 unspecified atom stereocenters. The van der Waals surface area contributed by atoms with Crippen molar-refractivity contribution in [2.45, 2.75) is 6.92 Å². The van der Waals surface area contributed by atoms with Crippen molar-refractivity contribution in [3.05, 3.63) is 71.2 Å². The van der Waals surface area contributed by atoms with Gasteiger partial charge in [0, 0.05) is 28.3 Å². The van der Waals surface area contributed by atoms with E-state index in [1.54, 1.807) is 11.3 Å². The van der Waals surface area contributed by atoms with Gasteiger partial charge in [-0.05, 0) is 19.1 Å². The van der Waals surface area contributed by atoms with Crippen molar-refractivity contribution >= 4 is 28.8 Å². The third-order valence-corrected chi connectivity index (χ3v) is 5.46. The summed E-state index contributed by atoms with van der Waals surface area (Å²) < 4.78 is 0. The van der Waals surface area contributed by atoms with Crippen LogP contribution in [0.4, 0.5) is 5.69 Å². The number of nitrogens with one attached hydrogen (secondary N) is 1. The number of aliphatic hydroxyl groups excluding tert-OH is 1. The molecular formula is C22H19N3O3S. The number of anilines is 1. The predicted octanol–water partition coefficient (Wildman–Crippen LogP) is 3.44. The normalized spacial score (nSPS) is 13.7. The van der Waals surface area contributed by atoms with E-state index in [0.29, 0.717) is 5.69 Å². The van der Waals surface area contributed by atoms with Gasteiger partial charge in [0.15, 0.2) is 0 Å². The molecule has 29 heavy (non-hydrogen) atoms. The Kier molecular flexibility index (Phi) is 5.24. The van der Waals surface area contributed by atoms with Crippen molar-refractivity contribution in [1.82, 2.24) is 9.88 Å². The standard InChI is InChI=1S/C22H19N3O3S/c1-14-5-7-15(8-6-14)19-13-29-21(24-19)16-3-2-4-17(11-16)23-18-12-20(27)25(9-10-26)22(18)28/h2-8,11-13,23,26H,9-10H2,1H3. The number of aryl methyl sites for hydroxylation is 1. The molecule has 0 aliphatic carbocycles. The van der Waals surface area contributed by atoms with Gasteiger partial charge in [-0.25, -0.2) is 4.98 Å². The van der Waals surface area contributed by atoms with Gasteiger partial charge < -0.3 is 10.4 Å². The van der Waals surface area contributed by atoms with Gasteiger partial charge in [-0.1, -0.05) is 42.0 Å². The largest absolute Gasteiger partial charge is 0.395 e. The quantitative estimate of drug-likeness (QED) is 0.614. The number of carbonyl (C=O) groups is 2. The van der Waals surface area contributed by atoms with Crippen LogP contribution in [-0.2, 0) is 9.59 Å². The highest BCUT2D eigenvalue weighted by molar-refractivity contribution is 7.13. The van der Waals surface area contributed by atoms with Crippen molar-refractivity contribution in [3.8, 4) is 21.8 Å². The molecule has 6 nitrogen and oxygen atoms in total. The molecule has 0 fully saturated rings. The molecule has 0 atom stereocenters. The first-order valence-electron chi connectivity index (χ1n) is 9.13. The summed E-state index contributed by atoms with van der Waals surface area (Å²) in [6, 6.07) is 15.8. The Balaban J connectivity index is 1.54. The Morgan fingerprint density at radius 3 is 2.66 bits per heavy atom. The molecule has 146 valence electrons. The number of thiazole rings is 1. The second kappa shape index (κ2) is 7.98. The highest BCUT2D eigenvalue weighted by Crippen LogP contribution is 2.31. The number of aromatic nitrogens is 1. The average Bonchev–Trinajstić information content (AvgIpc) is 3.30. The molecule has 0 radical (unpaired) electrons. The van der Waals surface area contributed by atoms with Crippen LogP contribution in [0.3, 0.4) is 0 Å². The average molecular weight is 405 g/mol. The Hall–Kier alpha value is -3.29. The van der Waals surface area contributed by atoms with Gasteiger partial charge in [0.25, 0.3) is 11.8 Å². The number of carbonyl (C=O) groups excluding carboxylic acids is 2. The van der Waals surface area contributed by atoms with Crippen LogP contribution >= 0.6 is 11.3 Å². The third-order valence-electron chi connectivity index (χ3n) is 4.57. The topological polar surface area (TPSA) is 82.5 Å². The van der Waals surface area contributed by atoms with Crippen LogP contribution in [0.1, 0.15) is 5.56 Å². The minimum absolute atomic E-state index is 0.0136. The van der Waals surface area contributed by atoms with Gasteiger partial charge in [-0.2, -0.15) is 0 Å². The van der Waals surface area contributed by atoms with Crippen LogP contribution in [0.5, 0.6) is 0 Å². The molecule has 4 rings (SSSR count). The van der Waals surface area contributed by atoms with Gasteiger partial charge in [-0.3, -0.25) is 14.5 Å². The number of imide groups is 1. The number of hydrogen-bond donors (Lipinski definition) is 2. The van der Waals surface area contributed by atoms with E-state index < -0.39 is 11.8 Å². The van der Waals surface area contributed by atoms with Gasteiger partial charge >= 0.3 is 0 Å². The summed E-state index contributed by atoms with van der Waals surface area (Å²) in [5, 5.41) is 14.9. The second-order valence-electron chi connectivity index (χ2n) is 6.69. The monoisotopic (exact) mass is 405 g/mol. The van der Waals surface area contributed by atoms with Gasteiger partial charge in [0.2, 0.25) is 0 Å². The highest BCUT2D eigenvalue weighted by Gasteiger charge is 2.30. The van der Waals surface area contributed by atoms with Gasteiger partial charge in [0.05, 0.1) is 18.8 Å². The predicted molar refractivity (Wildman–Crippen MR) is 113 cm³/mol. The van der Waals surface area contributed by atoms with E-state index in [-0.39, 0.29) is 18.8 Å². The molecule has 0 saturated carbocycles. The molecule has 2 aromatic carbocycles. The van der Waals surface area contributed by atoms with Gasteiger partial charge in [0.1, 0.15) is 10.7 Å². The SMILES string of the molecule is Cc1ccc(-c2csc(-c3cccc(NC4=CC(=O)N(CCO)C4=O)c3)n2)cc1. The lowest BCUT2D eigenvalue weighted by molar-refractivity contribution is -0.137. The summed E-state index contributed by atoms with van der Waals surface area (Å²) >= 11 is 1.55. The van der Waals surface area contributed by atoms with E-state index in [4.69, 9.17) is 10.1 Å². The molecule has 0 bridgehead atoms. The van der Waals surface area contributed by atoms with Crippen molar-refractivity contribution in [2.75, 3.05) is 18.5 Å². The van der Waals surface area contributed by atoms with Crippen LogP contribution < -0.4 is 5.32 Å². The van der Waals surface area contributed by atoms with Crippen LogP contribution in [0.15, 0.2) is 65.7 Å². The summed E-state index contributed by atoms with van der Waals surface area (Å²) in [4.78, 5) is 29.9. The first-order chi connectivity index (χ1) is 14.0. The van der Waals surface area contributed by atoms with Crippen LogP contribution in [-0.4, -0.2) is 40.0 Å². The Bertz CT molecular complexity index is 1100. The lowest BCUT2D eigenvalue weighted by atomic mass is 10.1. The van der Waals surface area contributed by atoms with Gasteiger partial charge in [-0.15, -0.1) is 11.3 Å². The minimum atomic E-state index is -0.439. The fraction of sp³-hybridized carbons (Fsp3) is 0.136. The summed E-state index contributed by atoms with van der Waals surface area (Å²) in [6.07, 6.45) is 1.25. The molecular weight excluding hydrogens is 386 g/mol. The second-order valence-corrected chi connectivity index (χ2v) is 7.54. The molecule has 0 spiro atoms. The zero-order valence-corrected chi connectivity index (χ0v) is 16.6. The zero-order valence-electron chi connectivity index (χ0n) is 15.8. The molecule has 1 aliphatic rings. The van der Waals surface area contributed by atoms with Crippen LogP contribution in [0, 0.1) is 6.92 Å². The fourth-order valence-corrected chi connectivity index (χ4v) is 3.88. The smallest absolute Gasteiger partial charge is 0.277 e. The van der Waals surface area contributed by atoms with Crippen molar-refractivity contribution in [3.63, 3.8) is 0 Å². The molecule has 7 heteroatoms. The molecule has 1 aromatic heterocycles.